The van der Waals surface area contributed by atoms with Crippen molar-refractivity contribution in [2.24, 2.45) is 0 Å². The number of halogens is 2. The molecule has 116 valence electrons. The summed E-state index contributed by atoms with van der Waals surface area (Å²) >= 11 is 7.08. The van der Waals surface area contributed by atoms with Crippen LogP contribution in [-0.4, -0.2) is 31.5 Å². The van der Waals surface area contributed by atoms with Gasteiger partial charge in [0.2, 0.25) is 0 Å². The number of hydrogen-bond donors (Lipinski definition) is 0. The van der Waals surface area contributed by atoms with Crippen LogP contribution >= 0.6 is 31.9 Å². The average Bonchev–Trinajstić information content (AvgIpc) is 2.50. The second kappa shape index (κ2) is 6.99. The van der Waals surface area contributed by atoms with E-state index in [1.54, 1.807) is 0 Å². The molecule has 2 heterocycles. The van der Waals surface area contributed by atoms with E-state index in [0.29, 0.717) is 0 Å². The molecule has 5 heteroatoms. The topological polar surface area (TPSA) is 27.7 Å². The van der Waals surface area contributed by atoms with Crippen molar-refractivity contribution in [3.63, 3.8) is 0 Å². The number of alkyl halides is 1. The van der Waals surface area contributed by atoms with Gasteiger partial charge in [0.15, 0.2) is 0 Å². The molecule has 1 spiro atoms. The van der Waals surface area contributed by atoms with Gasteiger partial charge in [-0.15, -0.1) is 0 Å². The van der Waals surface area contributed by atoms with Crippen LogP contribution in [0.5, 0.6) is 5.75 Å². The van der Waals surface area contributed by atoms with E-state index in [1.165, 1.54) is 5.56 Å². The van der Waals surface area contributed by atoms with Crippen molar-refractivity contribution in [1.29, 1.82) is 0 Å². The van der Waals surface area contributed by atoms with Gasteiger partial charge < -0.3 is 14.2 Å². The van der Waals surface area contributed by atoms with E-state index in [1.807, 2.05) is 6.07 Å². The molecule has 2 aliphatic rings. The van der Waals surface area contributed by atoms with E-state index in [-0.39, 0.29) is 11.7 Å². The van der Waals surface area contributed by atoms with E-state index in [4.69, 9.17) is 14.2 Å². The maximum atomic E-state index is 6.23. The Bertz CT molecular complexity index is 481. The van der Waals surface area contributed by atoms with Gasteiger partial charge in [-0.05, 0) is 46.5 Å². The Morgan fingerprint density at radius 1 is 1.24 bits per heavy atom. The molecule has 0 bridgehead atoms. The first-order valence-electron chi connectivity index (χ1n) is 7.43. The fraction of sp³-hybridized carbons (Fsp3) is 0.625. The van der Waals surface area contributed by atoms with E-state index in [0.717, 1.165) is 61.1 Å². The van der Waals surface area contributed by atoms with Gasteiger partial charge in [-0.3, -0.25) is 0 Å². The van der Waals surface area contributed by atoms with Crippen LogP contribution in [0.2, 0.25) is 0 Å². The minimum absolute atomic E-state index is 0.0244. The van der Waals surface area contributed by atoms with Crippen molar-refractivity contribution in [2.75, 3.05) is 19.8 Å². The second-order valence-corrected chi connectivity index (χ2v) is 7.19. The molecule has 21 heavy (non-hydrogen) atoms. The third kappa shape index (κ3) is 3.81. The Morgan fingerprint density at radius 3 is 2.76 bits per heavy atom. The molecular formula is C16H20Br2O3. The van der Waals surface area contributed by atoms with Gasteiger partial charge in [-0.2, -0.15) is 0 Å². The van der Waals surface area contributed by atoms with Gasteiger partial charge in [-0.25, -0.2) is 0 Å². The molecular weight excluding hydrogens is 400 g/mol. The molecule has 2 aliphatic heterocycles. The lowest BCUT2D eigenvalue weighted by atomic mass is 9.85. The number of ether oxygens (including phenoxy) is 3. The van der Waals surface area contributed by atoms with Gasteiger partial charge in [0, 0.05) is 31.4 Å². The van der Waals surface area contributed by atoms with Crippen LogP contribution in [0.1, 0.15) is 31.2 Å². The molecule has 0 aromatic heterocycles. The molecule has 2 fully saturated rings. The highest BCUT2D eigenvalue weighted by Crippen LogP contribution is 2.37. The fourth-order valence-electron chi connectivity index (χ4n) is 3.08. The number of rotatable bonds is 3. The maximum Gasteiger partial charge on any atom is 0.133 e. The molecule has 0 aliphatic carbocycles. The monoisotopic (exact) mass is 418 g/mol. The molecule has 1 aromatic rings. The zero-order valence-electron chi connectivity index (χ0n) is 11.9. The Hall–Kier alpha value is -0.100. The van der Waals surface area contributed by atoms with E-state index in [2.05, 4.69) is 44.0 Å². The fourth-order valence-corrected chi connectivity index (χ4v) is 3.95. The Balaban J connectivity index is 1.67. The third-order valence-electron chi connectivity index (χ3n) is 4.30. The molecule has 0 amide bonds. The van der Waals surface area contributed by atoms with Crippen molar-refractivity contribution < 1.29 is 14.2 Å². The van der Waals surface area contributed by atoms with Crippen LogP contribution < -0.4 is 4.74 Å². The highest BCUT2D eigenvalue weighted by molar-refractivity contribution is 9.10. The summed E-state index contributed by atoms with van der Waals surface area (Å²) in [4.78, 5) is 0. The quantitative estimate of drug-likeness (QED) is 0.677. The van der Waals surface area contributed by atoms with Crippen LogP contribution in [0.4, 0.5) is 0 Å². The van der Waals surface area contributed by atoms with Gasteiger partial charge in [0.25, 0.3) is 0 Å². The molecule has 1 atom stereocenters. The van der Waals surface area contributed by atoms with E-state index < -0.39 is 0 Å². The molecule has 0 N–H and O–H groups in total. The Labute approximate surface area is 142 Å². The second-order valence-electron chi connectivity index (χ2n) is 5.77. The van der Waals surface area contributed by atoms with Gasteiger partial charge in [0.05, 0.1) is 16.7 Å². The summed E-state index contributed by atoms with van der Waals surface area (Å²) in [6.45, 7) is 2.38. The lowest BCUT2D eigenvalue weighted by molar-refractivity contribution is -0.155. The van der Waals surface area contributed by atoms with Crippen molar-refractivity contribution in [1.82, 2.24) is 0 Å². The van der Waals surface area contributed by atoms with Crippen molar-refractivity contribution in [3.8, 4) is 5.75 Å². The largest absolute Gasteiger partial charge is 0.489 e. The summed E-state index contributed by atoms with van der Waals surface area (Å²) in [5.41, 5.74) is 1.21. The lowest BCUT2D eigenvalue weighted by Crippen LogP contribution is -2.47. The van der Waals surface area contributed by atoms with E-state index in [9.17, 15) is 0 Å². The zero-order valence-corrected chi connectivity index (χ0v) is 15.1. The molecule has 1 aromatic carbocycles. The van der Waals surface area contributed by atoms with Crippen molar-refractivity contribution in [2.45, 2.75) is 42.7 Å². The third-order valence-corrected chi connectivity index (χ3v) is 5.56. The molecule has 3 nitrogen and oxygen atoms in total. The first-order chi connectivity index (χ1) is 10.2. The predicted octanol–water partition coefficient (Wildman–Crippen LogP) is 4.45. The molecule has 0 saturated carbocycles. The normalized spacial score (nSPS) is 25.0. The molecule has 1 unspecified atom stereocenters. The summed E-state index contributed by atoms with van der Waals surface area (Å²) in [7, 11) is 0. The first kappa shape index (κ1) is 15.8. The molecule has 0 radical (unpaired) electrons. The lowest BCUT2D eigenvalue weighted by Gasteiger charge is -2.43. The average molecular weight is 420 g/mol. The van der Waals surface area contributed by atoms with Crippen LogP contribution in [0, 0.1) is 0 Å². The van der Waals surface area contributed by atoms with Crippen LogP contribution in [0.15, 0.2) is 22.7 Å². The summed E-state index contributed by atoms with van der Waals surface area (Å²) in [6, 6.07) is 6.25. The minimum Gasteiger partial charge on any atom is -0.489 e. The van der Waals surface area contributed by atoms with Crippen molar-refractivity contribution in [3.05, 3.63) is 28.2 Å². The number of hydrogen-bond acceptors (Lipinski definition) is 3. The summed E-state index contributed by atoms with van der Waals surface area (Å²) in [5, 5.41) is 0.853. The number of benzene rings is 1. The summed E-state index contributed by atoms with van der Waals surface area (Å²) in [6.07, 6.45) is 4.11. The first-order valence-corrected chi connectivity index (χ1v) is 9.35. The summed E-state index contributed by atoms with van der Waals surface area (Å²) in [5.74, 6) is 0.925. The van der Waals surface area contributed by atoms with Gasteiger partial charge in [-0.1, -0.05) is 22.0 Å². The Morgan fingerprint density at radius 2 is 2.05 bits per heavy atom. The smallest absolute Gasteiger partial charge is 0.133 e. The summed E-state index contributed by atoms with van der Waals surface area (Å²) < 4.78 is 18.8. The van der Waals surface area contributed by atoms with Crippen LogP contribution in [0.3, 0.4) is 0 Å². The van der Waals surface area contributed by atoms with Gasteiger partial charge in [0.1, 0.15) is 11.9 Å². The van der Waals surface area contributed by atoms with Gasteiger partial charge >= 0.3 is 0 Å². The molecule has 2 saturated heterocycles. The SMILES string of the molecule is BrCc1ccc(OC2CCOC3(CCOCC3)C2)c(Br)c1. The predicted molar refractivity (Wildman–Crippen MR) is 89.2 cm³/mol. The van der Waals surface area contributed by atoms with Crippen LogP contribution in [0.25, 0.3) is 0 Å². The van der Waals surface area contributed by atoms with E-state index >= 15 is 0 Å². The Kier molecular flexibility index (Phi) is 5.25. The van der Waals surface area contributed by atoms with Crippen LogP contribution in [-0.2, 0) is 14.8 Å². The highest BCUT2D eigenvalue weighted by Gasteiger charge is 2.39. The standard InChI is InChI=1S/C16H20Br2O3/c17-11-12-1-2-15(14(18)9-12)21-13-3-6-20-16(10-13)4-7-19-8-5-16/h1-2,9,13H,3-8,10-11H2. The van der Waals surface area contributed by atoms with Crippen molar-refractivity contribution >= 4 is 31.9 Å². The maximum absolute atomic E-state index is 6.23. The molecule has 3 rings (SSSR count). The zero-order chi connectivity index (χ0) is 14.7. The highest BCUT2D eigenvalue weighted by atomic mass is 79.9. The minimum atomic E-state index is -0.0244.